The second-order valence-corrected chi connectivity index (χ2v) is 8.69. The molecule has 0 bridgehead atoms. The standard InChI is InChI=1S/C23H32N4O/c24-17-18-4-3-5-21(16-18)25-20-10-8-19(9-11-20)23(28)27-14-12-26(13-15-27)22-6-1-2-7-22/h3-5,16,19-20,22,25H,1-2,6-15H2. The molecule has 28 heavy (non-hydrogen) atoms. The summed E-state index contributed by atoms with van der Waals surface area (Å²) in [5.41, 5.74) is 1.70. The maximum atomic E-state index is 13.0. The van der Waals surface area contributed by atoms with Gasteiger partial charge in [-0.2, -0.15) is 5.26 Å². The van der Waals surface area contributed by atoms with Crippen molar-refractivity contribution in [2.45, 2.75) is 63.5 Å². The van der Waals surface area contributed by atoms with Gasteiger partial charge in [-0.25, -0.2) is 0 Å². The molecule has 1 amide bonds. The lowest BCUT2D eigenvalue weighted by Crippen LogP contribution is -2.53. The van der Waals surface area contributed by atoms with Crippen LogP contribution in [0.2, 0.25) is 0 Å². The molecule has 1 heterocycles. The third-order valence-electron chi connectivity index (χ3n) is 6.91. The van der Waals surface area contributed by atoms with Gasteiger partial charge in [0.05, 0.1) is 11.6 Å². The monoisotopic (exact) mass is 380 g/mol. The predicted octanol–water partition coefficient (Wildman–Crippen LogP) is 3.62. The van der Waals surface area contributed by atoms with Gasteiger partial charge in [-0.3, -0.25) is 9.69 Å². The van der Waals surface area contributed by atoms with Crippen molar-refractivity contribution < 1.29 is 4.79 Å². The van der Waals surface area contributed by atoms with Crippen molar-refractivity contribution in [1.29, 1.82) is 5.26 Å². The van der Waals surface area contributed by atoms with Crippen LogP contribution in [0.25, 0.3) is 0 Å². The number of rotatable bonds is 4. The number of amides is 1. The van der Waals surface area contributed by atoms with E-state index in [9.17, 15) is 4.79 Å². The number of nitriles is 1. The number of piperazine rings is 1. The van der Waals surface area contributed by atoms with Gasteiger partial charge in [-0.15, -0.1) is 0 Å². The first-order valence-corrected chi connectivity index (χ1v) is 11.0. The lowest BCUT2D eigenvalue weighted by Gasteiger charge is -2.40. The molecule has 1 saturated heterocycles. The lowest BCUT2D eigenvalue weighted by molar-refractivity contribution is -0.138. The molecule has 5 nitrogen and oxygen atoms in total. The molecule has 0 atom stereocenters. The molecule has 1 N–H and O–H groups in total. The van der Waals surface area contributed by atoms with E-state index in [0.29, 0.717) is 17.5 Å². The number of carbonyl (C=O) groups is 1. The van der Waals surface area contributed by atoms with E-state index in [4.69, 9.17) is 5.26 Å². The van der Waals surface area contributed by atoms with E-state index in [1.54, 1.807) is 0 Å². The van der Waals surface area contributed by atoms with Crippen molar-refractivity contribution >= 4 is 11.6 Å². The van der Waals surface area contributed by atoms with Crippen molar-refractivity contribution in [3.63, 3.8) is 0 Å². The maximum Gasteiger partial charge on any atom is 0.225 e. The third-order valence-corrected chi connectivity index (χ3v) is 6.91. The fraction of sp³-hybridized carbons (Fsp3) is 0.652. The maximum absolute atomic E-state index is 13.0. The Labute approximate surface area is 168 Å². The average Bonchev–Trinajstić information content (AvgIpc) is 3.29. The highest BCUT2D eigenvalue weighted by Crippen LogP contribution is 2.29. The van der Waals surface area contributed by atoms with Crippen LogP contribution in [0.5, 0.6) is 0 Å². The Morgan fingerprint density at radius 2 is 1.71 bits per heavy atom. The first-order valence-electron chi connectivity index (χ1n) is 11.0. The second kappa shape index (κ2) is 8.96. The number of carbonyl (C=O) groups excluding carboxylic acids is 1. The molecule has 150 valence electrons. The molecule has 0 spiro atoms. The minimum Gasteiger partial charge on any atom is -0.382 e. The molecule has 4 rings (SSSR count). The Balaban J connectivity index is 1.22. The SMILES string of the molecule is N#Cc1cccc(NC2CCC(C(=O)N3CCN(C4CCCC4)CC3)CC2)c1. The molecule has 1 aromatic rings. The van der Waals surface area contributed by atoms with Gasteiger partial charge in [0, 0.05) is 49.9 Å². The zero-order valence-corrected chi connectivity index (χ0v) is 16.8. The average molecular weight is 381 g/mol. The summed E-state index contributed by atoms with van der Waals surface area (Å²) in [4.78, 5) is 17.7. The van der Waals surface area contributed by atoms with Crippen LogP contribution in [0.4, 0.5) is 5.69 Å². The zero-order valence-electron chi connectivity index (χ0n) is 16.8. The van der Waals surface area contributed by atoms with Gasteiger partial charge in [0.1, 0.15) is 0 Å². The van der Waals surface area contributed by atoms with Crippen LogP contribution in [0, 0.1) is 17.2 Å². The molecule has 5 heteroatoms. The Morgan fingerprint density at radius 3 is 2.39 bits per heavy atom. The fourth-order valence-corrected chi connectivity index (χ4v) is 5.23. The number of nitrogens with zero attached hydrogens (tertiary/aromatic N) is 3. The summed E-state index contributed by atoms with van der Waals surface area (Å²) < 4.78 is 0. The van der Waals surface area contributed by atoms with E-state index in [1.165, 1.54) is 25.7 Å². The fourth-order valence-electron chi connectivity index (χ4n) is 5.23. The van der Waals surface area contributed by atoms with E-state index in [1.807, 2.05) is 24.3 Å². The van der Waals surface area contributed by atoms with E-state index in [0.717, 1.165) is 63.6 Å². The smallest absolute Gasteiger partial charge is 0.225 e. The van der Waals surface area contributed by atoms with Crippen LogP contribution < -0.4 is 5.32 Å². The van der Waals surface area contributed by atoms with E-state index in [2.05, 4.69) is 21.2 Å². The minimum absolute atomic E-state index is 0.196. The molecule has 1 aromatic carbocycles. The van der Waals surface area contributed by atoms with Gasteiger partial charge in [0.15, 0.2) is 0 Å². The quantitative estimate of drug-likeness (QED) is 0.867. The summed E-state index contributed by atoms with van der Waals surface area (Å²) in [7, 11) is 0. The van der Waals surface area contributed by atoms with Gasteiger partial charge in [-0.1, -0.05) is 18.9 Å². The van der Waals surface area contributed by atoms with Crippen LogP contribution in [-0.4, -0.2) is 54.0 Å². The molecular weight excluding hydrogens is 348 g/mol. The molecule has 3 fully saturated rings. The van der Waals surface area contributed by atoms with E-state index < -0.39 is 0 Å². The van der Waals surface area contributed by atoms with Crippen molar-refractivity contribution in [2.24, 2.45) is 5.92 Å². The highest BCUT2D eigenvalue weighted by atomic mass is 16.2. The van der Waals surface area contributed by atoms with Crippen LogP contribution in [0.1, 0.15) is 56.9 Å². The van der Waals surface area contributed by atoms with E-state index in [-0.39, 0.29) is 5.92 Å². The molecule has 2 aliphatic carbocycles. The van der Waals surface area contributed by atoms with Crippen molar-refractivity contribution in [3.8, 4) is 6.07 Å². The topological polar surface area (TPSA) is 59.4 Å². The molecule has 3 aliphatic rings. The number of anilines is 1. The number of benzene rings is 1. The summed E-state index contributed by atoms with van der Waals surface area (Å²) >= 11 is 0. The Morgan fingerprint density at radius 1 is 1.00 bits per heavy atom. The summed E-state index contributed by atoms with van der Waals surface area (Å²) in [6.07, 6.45) is 9.44. The molecule has 2 saturated carbocycles. The summed E-state index contributed by atoms with van der Waals surface area (Å²) in [5, 5.41) is 12.6. The Hall–Kier alpha value is -2.06. The Kier molecular flexibility index (Phi) is 6.17. The van der Waals surface area contributed by atoms with Gasteiger partial charge < -0.3 is 10.2 Å². The van der Waals surface area contributed by atoms with Crippen molar-refractivity contribution in [1.82, 2.24) is 9.80 Å². The minimum atomic E-state index is 0.196. The molecular formula is C23H32N4O. The zero-order chi connectivity index (χ0) is 19.3. The summed E-state index contributed by atoms with van der Waals surface area (Å²) in [5.74, 6) is 0.581. The summed E-state index contributed by atoms with van der Waals surface area (Å²) in [6, 6.07) is 11.0. The van der Waals surface area contributed by atoms with Crippen LogP contribution >= 0.6 is 0 Å². The van der Waals surface area contributed by atoms with Gasteiger partial charge >= 0.3 is 0 Å². The van der Waals surface area contributed by atoms with Gasteiger partial charge in [-0.05, 0) is 56.7 Å². The lowest BCUT2D eigenvalue weighted by atomic mass is 9.85. The number of nitrogens with one attached hydrogen (secondary N) is 1. The number of hydrogen-bond donors (Lipinski definition) is 1. The van der Waals surface area contributed by atoms with Crippen LogP contribution in [0.3, 0.4) is 0 Å². The molecule has 1 aliphatic heterocycles. The summed E-state index contributed by atoms with van der Waals surface area (Å²) in [6.45, 7) is 3.94. The third kappa shape index (κ3) is 4.50. The van der Waals surface area contributed by atoms with Gasteiger partial charge in [0.2, 0.25) is 5.91 Å². The largest absolute Gasteiger partial charge is 0.382 e. The first kappa shape index (κ1) is 19.3. The predicted molar refractivity (Wildman–Crippen MR) is 111 cm³/mol. The highest BCUT2D eigenvalue weighted by Gasteiger charge is 2.32. The van der Waals surface area contributed by atoms with Gasteiger partial charge in [0.25, 0.3) is 0 Å². The van der Waals surface area contributed by atoms with Crippen LogP contribution in [-0.2, 0) is 4.79 Å². The molecule has 0 radical (unpaired) electrons. The highest BCUT2D eigenvalue weighted by molar-refractivity contribution is 5.79. The molecule has 0 unspecified atom stereocenters. The van der Waals surface area contributed by atoms with Crippen molar-refractivity contribution in [2.75, 3.05) is 31.5 Å². The Bertz CT molecular complexity index is 706. The molecule has 0 aromatic heterocycles. The van der Waals surface area contributed by atoms with Crippen LogP contribution in [0.15, 0.2) is 24.3 Å². The number of hydrogen-bond acceptors (Lipinski definition) is 4. The first-order chi connectivity index (χ1) is 13.7. The van der Waals surface area contributed by atoms with E-state index >= 15 is 0 Å². The second-order valence-electron chi connectivity index (χ2n) is 8.69. The normalized spacial score (nSPS) is 26.8. The van der Waals surface area contributed by atoms with Crippen molar-refractivity contribution in [3.05, 3.63) is 29.8 Å².